The molecule has 0 aliphatic carbocycles. The molecule has 14 heavy (non-hydrogen) atoms. The highest BCUT2D eigenvalue weighted by molar-refractivity contribution is 14.1. The van der Waals surface area contributed by atoms with Crippen LogP contribution in [0.15, 0.2) is 12.2 Å². The molecule has 0 spiro atoms. The highest BCUT2D eigenvalue weighted by Gasteiger charge is 2.13. The number of aliphatic hydroxyl groups is 1. The predicted octanol–water partition coefficient (Wildman–Crippen LogP) is 2.42. The molecule has 0 aromatic rings. The summed E-state index contributed by atoms with van der Waals surface area (Å²) in [5, 5.41) is 8.94. The lowest BCUT2D eigenvalue weighted by atomic mass is 10.2. The first-order chi connectivity index (χ1) is 6.31. The topological polar surface area (TPSA) is 46.5 Å². The second-order valence-corrected chi connectivity index (χ2v) is 5.39. The number of hydrogen-bond acceptors (Lipinski definition) is 3. The van der Waals surface area contributed by atoms with Crippen molar-refractivity contribution in [3.63, 3.8) is 0 Å². The van der Waals surface area contributed by atoms with Crippen molar-refractivity contribution in [2.75, 3.05) is 0 Å². The van der Waals surface area contributed by atoms with Crippen molar-refractivity contribution in [3.05, 3.63) is 12.2 Å². The van der Waals surface area contributed by atoms with Crippen LogP contribution in [0, 0.1) is 0 Å². The lowest BCUT2D eigenvalue weighted by molar-refractivity contribution is -0.148. The molecule has 3 nitrogen and oxygen atoms in total. The Balaban J connectivity index is 3.72. The van der Waals surface area contributed by atoms with Crippen molar-refractivity contribution in [1.29, 1.82) is 0 Å². The SMILES string of the molecule is CC(C)(C)OC(=O)/C=C/CC[C@H](O)I. The van der Waals surface area contributed by atoms with Crippen LogP contribution in [0.5, 0.6) is 0 Å². The van der Waals surface area contributed by atoms with Crippen molar-refractivity contribution in [2.45, 2.75) is 43.3 Å². The van der Waals surface area contributed by atoms with E-state index in [0.29, 0.717) is 12.8 Å². The summed E-state index contributed by atoms with van der Waals surface area (Å²) in [7, 11) is 0. The molecular weight excluding hydrogens is 295 g/mol. The monoisotopic (exact) mass is 312 g/mol. The van der Waals surface area contributed by atoms with Crippen molar-refractivity contribution in [2.24, 2.45) is 0 Å². The van der Waals surface area contributed by atoms with Crippen molar-refractivity contribution >= 4 is 28.6 Å². The molecule has 0 rings (SSSR count). The molecule has 0 fully saturated rings. The van der Waals surface area contributed by atoms with Gasteiger partial charge in [-0.15, -0.1) is 0 Å². The molecule has 0 aromatic carbocycles. The summed E-state index contributed by atoms with van der Waals surface area (Å²) in [5.74, 6) is -0.333. The van der Waals surface area contributed by atoms with E-state index in [0.717, 1.165) is 0 Å². The van der Waals surface area contributed by atoms with Crippen LogP contribution in [0.25, 0.3) is 0 Å². The van der Waals surface area contributed by atoms with Crippen LogP contribution in [-0.2, 0) is 9.53 Å². The van der Waals surface area contributed by atoms with Crippen LogP contribution >= 0.6 is 22.6 Å². The van der Waals surface area contributed by atoms with Crippen LogP contribution in [0.1, 0.15) is 33.6 Å². The van der Waals surface area contributed by atoms with Gasteiger partial charge in [0.15, 0.2) is 0 Å². The van der Waals surface area contributed by atoms with E-state index in [4.69, 9.17) is 9.84 Å². The van der Waals surface area contributed by atoms with E-state index in [9.17, 15) is 4.79 Å². The van der Waals surface area contributed by atoms with Gasteiger partial charge in [-0.1, -0.05) is 28.7 Å². The van der Waals surface area contributed by atoms with Crippen LogP contribution in [0.4, 0.5) is 0 Å². The Kier molecular flexibility index (Phi) is 6.35. The summed E-state index contributed by atoms with van der Waals surface area (Å²) in [5.41, 5.74) is -0.440. The average molecular weight is 312 g/mol. The van der Waals surface area contributed by atoms with Gasteiger partial charge in [-0.2, -0.15) is 0 Å². The molecule has 0 saturated heterocycles. The first-order valence-electron chi connectivity index (χ1n) is 4.53. The fourth-order valence-electron chi connectivity index (χ4n) is 0.749. The van der Waals surface area contributed by atoms with Crippen LogP contribution in [0.2, 0.25) is 0 Å². The number of ether oxygens (including phenoxy) is 1. The minimum Gasteiger partial charge on any atom is -0.457 e. The van der Waals surface area contributed by atoms with E-state index in [2.05, 4.69) is 0 Å². The van der Waals surface area contributed by atoms with Gasteiger partial charge < -0.3 is 9.84 Å². The smallest absolute Gasteiger partial charge is 0.330 e. The summed E-state index contributed by atoms with van der Waals surface area (Å²) in [4.78, 5) is 11.1. The first-order valence-corrected chi connectivity index (χ1v) is 5.77. The molecule has 0 unspecified atom stereocenters. The lowest BCUT2D eigenvalue weighted by Gasteiger charge is -2.17. The summed E-state index contributed by atoms with van der Waals surface area (Å²) in [6.07, 6.45) is 4.46. The summed E-state index contributed by atoms with van der Waals surface area (Å²) in [6.45, 7) is 5.48. The number of halogens is 1. The lowest BCUT2D eigenvalue weighted by Crippen LogP contribution is -2.22. The van der Waals surface area contributed by atoms with E-state index in [-0.39, 0.29) is 10.1 Å². The van der Waals surface area contributed by atoms with E-state index >= 15 is 0 Å². The third-order valence-electron chi connectivity index (χ3n) is 1.23. The highest BCUT2D eigenvalue weighted by Crippen LogP contribution is 2.08. The molecule has 82 valence electrons. The fourth-order valence-corrected chi connectivity index (χ4v) is 1.11. The minimum absolute atomic E-state index is 0.333. The Morgan fingerprint density at radius 3 is 2.57 bits per heavy atom. The van der Waals surface area contributed by atoms with Gasteiger partial charge in [-0.3, -0.25) is 0 Å². The van der Waals surface area contributed by atoms with Gasteiger partial charge in [0, 0.05) is 6.08 Å². The summed E-state index contributed by atoms with van der Waals surface area (Å²) < 4.78 is 4.70. The van der Waals surface area contributed by atoms with Gasteiger partial charge in [0.25, 0.3) is 0 Å². The number of esters is 1. The number of aliphatic hydroxyl groups excluding tert-OH is 1. The molecule has 1 N–H and O–H groups in total. The first kappa shape index (κ1) is 13.9. The second kappa shape index (κ2) is 6.40. The van der Waals surface area contributed by atoms with Crippen LogP contribution in [0.3, 0.4) is 0 Å². The Bertz CT molecular complexity index is 204. The largest absolute Gasteiger partial charge is 0.457 e. The quantitative estimate of drug-likeness (QED) is 0.375. The van der Waals surface area contributed by atoms with Gasteiger partial charge in [0.1, 0.15) is 9.71 Å². The Morgan fingerprint density at radius 1 is 1.57 bits per heavy atom. The molecule has 1 atom stereocenters. The predicted molar refractivity (Wildman–Crippen MR) is 64.2 cm³/mol. The van der Waals surface area contributed by atoms with Crippen molar-refractivity contribution in [1.82, 2.24) is 0 Å². The fraction of sp³-hybridized carbons (Fsp3) is 0.700. The number of hydrogen-bond donors (Lipinski definition) is 1. The number of carbonyl (C=O) groups is 1. The maximum Gasteiger partial charge on any atom is 0.330 e. The van der Waals surface area contributed by atoms with Gasteiger partial charge in [0.05, 0.1) is 0 Å². The standard InChI is InChI=1S/C10H17IO3/c1-10(2,3)14-9(13)7-5-4-6-8(11)12/h5,7-8,12H,4,6H2,1-3H3/b7-5+/t8-/m0/s1. The Labute approximate surface area is 98.7 Å². The Morgan fingerprint density at radius 2 is 2.14 bits per heavy atom. The van der Waals surface area contributed by atoms with Crippen molar-refractivity contribution < 1.29 is 14.6 Å². The molecule has 0 heterocycles. The maximum absolute atomic E-state index is 11.1. The third-order valence-corrected chi connectivity index (χ3v) is 1.86. The molecular formula is C10H17IO3. The summed E-state index contributed by atoms with van der Waals surface area (Å²) >= 11 is 1.93. The number of rotatable bonds is 4. The van der Waals surface area contributed by atoms with E-state index in [1.807, 2.05) is 43.4 Å². The highest BCUT2D eigenvalue weighted by atomic mass is 127. The minimum atomic E-state index is -0.440. The van der Waals surface area contributed by atoms with Gasteiger partial charge >= 0.3 is 5.97 Å². The third kappa shape index (κ3) is 9.98. The van der Waals surface area contributed by atoms with E-state index in [1.54, 1.807) is 6.08 Å². The van der Waals surface area contributed by atoms with Crippen LogP contribution < -0.4 is 0 Å². The zero-order valence-corrected chi connectivity index (χ0v) is 10.9. The second-order valence-electron chi connectivity index (χ2n) is 3.95. The normalized spacial score (nSPS) is 14.4. The van der Waals surface area contributed by atoms with Crippen LogP contribution in [-0.4, -0.2) is 20.8 Å². The molecule has 0 radical (unpaired) electrons. The molecule has 0 aromatic heterocycles. The number of carbonyl (C=O) groups excluding carboxylic acids is 1. The molecule has 0 saturated carbocycles. The molecule has 0 aliphatic heterocycles. The molecule has 4 heteroatoms. The Hall–Kier alpha value is -0.100. The molecule has 0 aliphatic rings. The van der Waals surface area contributed by atoms with Gasteiger partial charge in [-0.05, 0) is 33.6 Å². The number of allylic oxidation sites excluding steroid dienone is 1. The molecule has 0 bridgehead atoms. The van der Waals surface area contributed by atoms with Crippen molar-refractivity contribution in [3.8, 4) is 0 Å². The number of alkyl halides is 1. The zero-order chi connectivity index (χ0) is 11.2. The average Bonchev–Trinajstić information content (AvgIpc) is 1.94. The van der Waals surface area contributed by atoms with E-state index < -0.39 is 5.60 Å². The summed E-state index contributed by atoms with van der Waals surface area (Å²) in [6, 6.07) is 0. The van der Waals surface area contributed by atoms with Gasteiger partial charge in [0.2, 0.25) is 0 Å². The van der Waals surface area contributed by atoms with Gasteiger partial charge in [-0.25, -0.2) is 4.79 Å². The molecule has 0 amide bonds. The maximum atomic E-state index is 11.1. The van der Waals surface area contributed by atoms with E-state index in [1.165, 1.54) is 6.08 Å². The zero-order valence-electron chi connectivity index (χ0n) is 8.79.